The van der Waals surface area contributed by atoms with E-state index in [1.807, 2.05) is 0 Å². The van der Waals surface area contributed by atoms with Gasteiger partial charge in [-0.1, -0.05) is 11.6 Å². The first-order chi connectivity index (χ1) is 6.25. The van der Waals surface area contributed by atoms with Crippen molar-refractivity contribution in [3.63, 3.8) is 0 Å². The minimum atomic E-state index is -2.68. The van der Waals surface area contributed by atoms with Gasteiger partial charge < -0.3 is 0 Å². The van der Waals surface area contributed by atoms with Gasteiger partial charge >= 0.3 is 0 Å². The average Bonchev–Trinajstić information content (AvgIpc) is 1.97. The number of rotatable bonds is 0. The molecule has 1 rings (SSSR count). The van der Waals surface area contributed by atoms with Gasteiger partial charge in [-0.05, 0) is 22.8 Å². The van der Waals surface area contributed by atoms with Crippen molar-refractivity contribution in [2.24, 2.45) is 0 Å². The van der Waals surface area contributed by atoms with Crippen LogP contribution in [0.5, 0.6) is 0 Å². The van der Waals surface area contributed by atoms with Crippen molar-refractivity contribution < 1.29 is 9.87 Å². The highest BCUT2D eigenvalue weighted by Gasteiger charge is 2.06. The molecule has 0 bridgehead atoms. The largest absolute Gasteiger partial charge is 0.243 e. The van der Waals surface area contributed by atoms with Crippen LogP contribution in [0.25, 0.3) is 0 Å². The molecule has 0 aromatic carbocycles. The Kier molecular flexibility index (Phi) is 1.14. The standard InChI is InChI=1S/C6H4BrClFN/c1-3-5(9)4(7)2-10-6(3)8/h2H,1H3/i1D3,2D. The van der Waals surface area contributed by atoms with Crippen LogP contribution in [0.3, 0.4) is 0 Å². The summed E-state index contributed by atoms with van der Waals surface area (Å²) in [5.41, 5.74) is -0.665. The minimum Gasteiger partial charge on any atom is -0.243 e. The molecule has 1 heterocycles. The number of aromatic nitrogens is 1. The van der Waals surface area contributed by atoms with Gasteiger partial charge in [-0.15, -0.1) is 0 Å². The number of hydrogen-bond donors (Lipinski definition) is 0. The lowest BCUT2D eigenvalue weighted by molar-refractivity contribution is 0.609. The number of hydrogen-bond acceptors (Lipinski definition) is 1. The number of halogens is 3. The van der Waals surface area contributed by atoms with Gasteiger partial charge in [0.2, 0.25) is 0 Å². The van der Waals surface area contributed by atoms with Crippen molar-refractivity contribution in [3.8, 4) is 0 Å². The van der Waals surface area contributed by atoms with Gasteiger partial charge in [0.25, 0.3) is 0 Å². The molecule has 10 heavy (non-hydrogen) atoms. The maximum atomic E-state index is 13.4. The highest BCUT2D eigenvalue weighted by atomic mass is 79.9. The summed E-state index contributed by atoms with van der Waals surface area (Å²) in [5.74, 6) is -1.06. The first-order valence-corrected chi connectivity index (χ1v) is 3.44. The second kappa shape index (κ2) is 2.84. The fourth-order valence-corrected chi connectivity index (χ4v) is 0.816. The van der Waals surface area contributed by atoms with Crippen molar-refractivity contribution in [3.05, 3.63) is 27.2 Å². The molecule has 0 atom stereocenters. The molecule has 1 aromatic heterocycles. The van der Waals surface area contributed by atoms with Gasteiger partial charge in [-0.25, -0.2) is 9.37 Å². The summed E-state index contributed by atoms with van der Waals surface area (Å²) in [6.45, 7) is -2.68. The summed E-state index contributed by atoms with van der Waals surface area (Å²) in [5, 5.41) is -0.504. The fraction of sp³-hybridized carbons (Fsp3) is 0.167. The summed E-state index contributed by atoms with van der Waals surface area (Å²) in [6.07, 6.45) is -0.430. The van der Waals surface area contributed by atoms with E-state index < -0.39 is 29.6 Å². The van der Waals surface area contributed by atoms with Crippen LogP contribution < -0.4 is 0 Å². The molecule has 4 heteroatoms. The molecule has 0 unspecified atom stereocenters. The Balaban J connectivity index is 3.53. The molecule has 0 saturated heterocycles. The maximum absolute atomic E-state index is 13.4. The molecule has 0 radical (unpaired) electrons. The zero-order valence-corrected chi connectivity index (χ0v) is 6.92. The third-order valence-electron chi connectivity index (χ3n) is 0.871. The molecule has 0 fully saturated rings. The Morgan fingerprint density at radius 3 is 3.30 bits per heavy atom. The van der Waals surface area contributed by atoms with Crippen LogP contribution in [0, 0.1) is 12.7 Å². The highest BCUT2D eigenvalue weighted by Crippen LogP contribution is 2.21. The SMILES string of the molecule is [2H]c1nc(Cl)c(C([2H])([2H])[2H])c(F)c1Br. The Bertz CT molecular complexity index is 381. The lowest BCUT2D eigenvalue weighted by Gasteiger charge is -1.98. The van der Waals surface area contributed by atoms with Crippen molar-refractivity contribution >= 4 is 27.5 Å². The van der Waals surface area contributed by atoms with Crippen molar-refractivity contribution in [1.82, 2.24) is 4.98 Å². The van der Waals surface area contributed by atoms with Crippen LogP contribution in [-0.4, -0.2) is 4.98 Å². The zero-order valence-electron chi connectivity index (χ0n) is 8.58. The van der Waals surface area contributed by atoms with Crippen LogP contribution in [0.4, 0.5) is 4.39 Å². The highest BCUT2D eigenvalue weighted by molar-refractivity contribution is 9.10. The van der Waals surface area contributed by atoms with Crippen molar-refractivity contribution in [1.29, 1.82) is 0 Å². The normalized spacial score (nSPS) is 17.1. The third-order valence-corrected chi connectivity index (χ3v) is 1.67. The predicted molar refractivity (Wildman–Crippen MR) is 41.6 cm³/mol. The molecule has 0 aliphatic rings. The lowest BCUT2D eigenvalue weighted by atomic mass is 10.3. The molecule has 54 valence electrons. The van der Waals surface area contributed by atoms with Crippen LogP contribution in [0.2, 0.25) is 5.15 Å². The van der Waals surface area contributed by atoms with E-state index in [1.54, 1.807) is 0 Å². The predicted octanol–water partition coefficient (Wildman–Crippen LogP) is 2.95. The molecular formula is C6H4BrClFN. The van der Waals surface area contributed by atoms with E-state index in [2.05, 4.69) is 20.9 Å². The van der Waals surface area contributed by atoms with Crippen LogP contribution in [0.1, 0.15) is 11.0 Å². The summed E-state index contributed by atoms with van der Waals surface area (Å²) in [4.78, 5) is 3.39. The quantitative estimate of drug-likeness (QED) is 0.622. The van der Waals surface area contributed by atoms with Crippen LogP contribution in [-0.2, 0) is 0 Å². The summed E-state index contributed by atoms with van der Waals surface area (Å²) < 4.78 is 41.2. The van der Waals surface area contributed by atoms with E-state index >= 15 is 0 Å². The van der Waals surface area contributed by atoms with E-state index in [1.165, 1.54) is 0 Å². The minimum absolute atomic E-state index is 0.298. The summed E-state index contributed by atoms with van der Waals surface area (Å²) in [7, 11) is 0. The fourth-order valence-electron chi connectivity index (χ4n) is 0.403. The zero-order chi connectivity index (χ0) is 11.1. The maximum Gasteiger partial charge on any atom is 0.144 e. The topological polar surface area (TPSA) is 12.9 Å². The van der Waals surface area contributed by atoms with Crippen molar-refractivity contribution in [2.45, 2.75) is 6.85 Å². The molecule has 0 saturated carbocycles. The van der Waals surface area contributed by atoms with Crippen LogP contribution in [0.15, 0.2) is 10.6 Å². The van der Waals surface area contributed by atoms with E-state index in [9.17, 15) is 4.39 Å². The molecule has 0 amide bonds. The van der Waals surface area contributed by atoms with Crippen molar-refractivity contribution in [2.75, 3.05) is 0 Å². The van der Waals surface area contributed by atoms with Crippen LogP contribution >= 0.6 is 27.5 Å². The third kappa shape index (κ3) is 1.30. The average molecular weight is 228 g/mol. The monoisotopic (exact) mass is 227 g/mol. The molecule has 0 aliphatic heterocycles. The molecule has 0 spiro atoms. The van der Waals surface area contributed by atoms with Gasteiger partial charge in [0.15, 0.2) is 0 Å². The first-order valence-electron chi connectivity index (χ1n) is 4.26. The number of nitrogens with zero attached hydrogens (tertiary/aromatic N) is 1. The molecular weight excluding hydrogens is 220 g/mol. The molecule has 0 aliphatic carbocycles. The van der Waals surface area contributed by atoms with E-state index in [0.29, 0.717) is 0 Å². The first kappa shape index (κ1) is 4.02. The van der Waals surface area contributed by atoms with Gasteiger partial charge in [-0.3, -0.25) is 0 Å². The molecule has 0 N–H and O–H groups in total. The second-order valence-electron chi connectivity index (χ2n) is 1.52. The Labute approximate surface area is 77.0 Å². The van der Waals surface area contributed by atoms with Gasteiger partial charge in [-0.2, -0.15) is 0 Å². The van der Waals surface area contributed by atoms with E-state index in [-0.39, 0.29) is 4.47 Å². The van der Waals surface area contributed by atoms with Gasteiger partial charge in [0, 0.05) is 15.8 Å². The Hall–Kier alpha value is -0.150. The summed E-state index contributed by atoms with van der Waals surface area (Å²) in [6, 6.07) is 0. The lowest BCUT2D eigenvalue weighted by Crippen LogP contribution is -1.87. The van der Waals surface area contributed by atoms with E-state index in [4.69, 9.17) is 17.1 Å². The van der Waals surface area contributed by atoms with E-state index in [0.717, 1.165) is 0 Å². The Morgan fingerprint density at radius 1 is 2.00 bits per heavy atom. The second-order valence-corrected chi connectivity index (χ2v) is 2.67. The van der Waals surface area contributed by atoms with Gasteiger partial charge in [0.1, 0.15) is 11.0 Å². The smallest absolute Gasteiger partial charge is 0.144 e. The Morgan fingerprint density at radius 2 is 2.70 bits per heavy atom. The van der Waals surface area contributed by atoms with Gasteiger partial charge in [0.05, 0.1) is 5.84 Å². The molecule has 1 nitrogen and oxygen atoms in total. The summed E-state index contributed by atoms with van der Waals surface area (Å²) >= 11 is 8.16. The number of pyridine rings is 1. The molecule has 1 aromatic rings.